The lowest BCUT2D eigenvalue weighted by Crippen LogP contribution is -2.32. The number of H-pyrrole nitrogens is 2. The molecule has 3 N–H and O–H groups in total. The van der Waals surface area contributed by atoms with Gasteiger partial charge in [-0.15, -0.1) is 0 Å². The van der Waals surface area contributed by atoms with Crippen LogP contribution in [-0.4, -0.2) is 29.1 Å². The number of aromatic nitrogens is 2. The molecule has 4 rings (SSSR count). The molecular formula is C18H19FN4O. The molecular weight excluding hydrogens is 307 g/mol. The fourth-order valence-corrected chi connectivity index (χ4v) is 3.27. The predicted octanol–water partition coefficient (Wildman–Crippen LogP) is 2.36. The minimum atomic E-state index is -0.203. The maximum atomic E-state index is 13.0. The summed E-state index contributed by atoms with van der Waals surface area (Å²) < 4.78 is 13.0. The minimum Gasteiger partial charge on any atom is -0.370 e. The zero-order chi connectivity index (χ0) is 16.5. The molecule has 24 heavy (non-hydrogen) atoms. The number of benzene rings is 2. The molecule has 1 atom stereocenters. The van der Waals surface area contributed by atoms with Gasteiger partial charge in [-0.2, -0.15) is 0 Å². The number of rotatable bonds is 4. The first-order valence-corrected chi connectivity index (χ1v) is 8.12. The van der Waals surface area contributed by atoms with Crippen LogP contribution in [0.25, 0.3) is 11.0 Å². The summed E-state index contributed by atoms with van der Waals surface area (Å²) in [6.07, 6.45) is 1.06. The Kier molecular flexibility index (Phi) is 3.82. The second-order valence-corrected chi connectivity index (χ2v) is 6.25. The van der Waals surface area contributed by atoms with Gasteiger partial charge in [0.25, 0.3) is 0 Å². The molecule has 5 nitrogen and oxygen atoms in total. The lowest BCUT2D eigenvalue weighted by atomic mass is 10.2. The maximum absolute atomic E-state index is 13.0. The van der Waals surface area contributed by atoms with E-state index in [1.54, 1.807) is 0 Å². The van der Waals surface area contributed by atoms with Crippen molar-refractivity contribution in [1.82, 2.24) is 15.3 Å². The normalized spacial score (nSPS) is 17.7. The van der Waals surface area contributed by atoms with Gasteiger partial charge in [0, 0.05) is 31.4 Å². The number of hydrogen-bond acceptors (Lipinski definition) is 3. The molecule has 124 valence electrons. The summed E-state index contributed by atoms with van der Waals surface area (Å²) >= 11 is 0. The van der Waals surface area contributed by atoms with Crippen LogP contribution in [-0.2, 0) is 6.54 Å². The highest BCUT2D eigenvalue weighted by Crippen LogP contribution is 2.21. The lowest BCUT2D eigenvalue weighted by Gasteiger charge is -2.19. The van der Waals surface area contributed by atoms with Gasteiger partial charge in [0.15, 0.2) is 0 Å². The second-order valence-electron chi connectivity index (χ2n) is 6.25. The van der Waals surface area contributed by atoms with E-state index in [0.29, 0.717) is 6.04 Å². The van der Waals surface area contributed by atoms with Crippen molar-refractivity contribution in [3.8, 4) is 0 Å². The SMILES string of the molecule is O=c1[nH]c2ccc(CNC3CCN(c4ccc(F)cc4)C3)cc2[nH]1. The third-order valence-corrected chi connectivity index (χ3v) is 4.56. The molecule has 1 aliphatic rings. The van der Waals surface area contributed by atoms with Crippen LogP contribution in [0.4, 0.5) is 10.1 Å². The standard InChI is InChI=1S/C18H19FN4O/c19-13-2-4-15(5-3-13)23-8-7-14(11-23)20-10-12-1-6-16-17(9-12)22-18(24)21-16/h1-6,9,14,20H,7-8,10-11H2,(H2,21,22,24). The summed E-state index contributed by atoms with van der Waals surface area (Å²) in [5.41, 5.74) is 3.68. The molecule has 1 aromatic heterocycles. The number of halogens is 1. The second kappa shape index (κ2) is 6.13. The molecule has 2 heterocycles. The lowest BCUT2D eigenvalue weighted by molar-refractivity contribution is 0.551. The quantitative estimate of drug-likeness (QED) is 0.690. The van der Waals surface area contributed by atoms with Gasteiger partial charge in [-0.1, -0.05) is 6.07 Å². The number of hydrogen-bond donors (Lipinski definition) is 3. The Morgan fingerprint density at radius 2 is 1.92 bits per heavy atom. The van der Waals surface area contributed by atoms with Crippen LogP contribution < -0.4 is 15.9 Å². The molecule has 0 radical (unpaired) electrons. The van der Waals surface area contributed by atoms with E-state index in [-0.39, 0.29) is 11.5 Å². The number of imidazole rings is 1. The average Bonchev–Trinajstić information content (AvgIpc) is 3.18. The molecule has 1 unspecified atom stereocenters. The van der Waals surface area contributed by atoms with Crippen LogP contribution in [0.1, 0.15) is 12.0 Å². The van der Waals surface area contributed by atoms with Gasteiger partial charge in [0.2, 0.25) is 0 Å². The molecule has 2 aromatic carbocycles. The van der Waals surface area contributed by atoms with E-state index in [0.717, 1.165) is 48.3 Å². The molecule has 1 fully saturated rings. The van der Waals surface area contributed by atoms with Crippen LogP contribution >= 0.6 is 0 Å². The van der Waals surface area contributed by atoms with Gasteiger partial charge in [-0.3, -0.25) is 0 Å². The number of nitrogens with zero attached hydrogens (tertiary/aromatic N) is 1. The van der Waals surface area contributed by atoms with E-state index in [4.69, 9.17) is 0 Å². The Morgan fingerprint density at radius 3 is 2.75 bits per heavy atom. The highest BCUT2D eigenvalue weighted by atomic mass is 19.1. The number of aromatic amines is 2. The van der Waals surface area contributed by atoms with Crippen molar-refractivity contribution in [2.75, 3.05) is 18.0 Å². The Labute approximate surface area is 138 Å². The van der Waals surface area contributed by atoms with E-state index in [1.165, 1.54) is 12.1 Å². The smallest absolute Gasteiger partial charge is 0.323 e. The Hall–Kier alpha value is -2.60. The molecule has 1 aliphatic heterocycles. The highest BCUT2D eigenvalue weighted by Gasteiger charge is 2.22. The largest absolute Gasteiger partial charge is 0.370 e. The predicted molar refractivity (Wildman–Crippen MR) is 92.8 cm³/mol. The zero-order valence-corrected chi connectivity index (χ0v) is 13.2. The minimum absolute atomic E-state index is 0.180. The Morgan fingerprint density at radius 1 is 1.12 bits per heavy atom. The number of nitrogens with one attached hydrogen (secondary N) is 3. The third-order valence-electron chi connectivity index (χ3n) is 4.56. The first-order valence-electron chi connectivity index (χ1n) is 8.12. The summed E-state index contributed by atoms with van der Waals surface area (Å²) in [4.78, 5) is 19.1. The number of anilines is 1. The highest BCUT2D eigenvalue weighted by molar-refractivity contribution is 5.74. The van der Waals surface area contributed by atoms with Gasteiger partial charge in [-0.05, 0) is 48.4 Å². The van der Waals surface area contributed by atoms with Crippen molar-refractivity contribution in [3.05, 3.63) is 64.3 Å². The van der Waals surface area contributed by atoms with Crippen molar-refractivity contribution in [3.63, 3.8) is 0 Å². The maximum Gasteiger partial charge on any atom is 0.323 e. The zero-order valence-electron chi connectivity index (χ0n) is 13.2. The summed E-state index contributed by atoms with van der Waals surface area (Å²) in [6.45, 7) is 2.63. The van der Waals surface area contributed by atoms with Gasteiger partial charge >= 0.3 is 5.69 Å². The molecule has 0 aliphatic carbocycles. The summed E-state index contributed by atoms with van der Waals surface area (Å²) in [5.74, 6) is -0.203. The Balaban J connectivity index is 1.37. The van der Waals surface area contributed by atoms with E-state index < -0.39 is 0 Å². The van der Waals surface area contributed by atoms with E-state index in [9.17, 15) is 9.18 Å². The molecule has 1 saturated heterocycles. The van der Waals surface area contributed by atoms with Crippen molar-refractivity contribution >= 4 is 16.7 Å². The summed E-state index contributed by atoms with van der Waals surface area (Å²) in [7, 11) is 0. The van der Waals surface area contributed by atoms with E-state index in [1.807, 2.05) is 30.3 Å². The first kappa shape index (κ1) is 15.0. The summed E-state index contributed by atoms with van der Waals surface area (Å²) in [6, 6.07) is 13.0. The van der Waals surface area contributed by atoms with Crippen LogP contribution in [0, 0.1) is 5.82 Å². The molecule has 6 heteroatoms. The topological polar surface area (TPSA) is 63.9 Å². The fraction of sp³-hybridized carbons (Fsp3) is 0.278. The van der Waals surface area contributed by atoms with Crippen molar-refractivity contribution in [2.24, 2.45) is 0 Å². The molecule has 0 spiro atoms. The number of fused-ring (bicyclic) bond motifs is 1. The van der Waals surface area contributed by atoms with E-state index in [2.05, 4.69) is 20.2 Å². The average molecular weight is 326 g/mol. The molecule has 0 amide bonds. The van der Waals surface area contributed by atoms with Crippen LogP contribution in [0.2, 0.25) is 0 Å². The monoisotopic (exact) mass is 326 g/mol. The Bertz CT molecular complexity index is 899. The van der Waals surface area contributed by atoms with Crippen LogP contribution in [0.3, 0.4) is 0 Å². The van der Waals surface area contributed by atoms with Gasteiger partial charge in [-0.25, -0.2) is 9.18 Å². The van der Waals surface area contributed by atoms with Crippen molar-refractivity contribution in [1.29, 1.82) is 0 Å². The fourth-order valence-electron chi connectivity index (χ4n) is 3.27. The van der Waals surface area contributed by atoms with Gasteiger partial charge < -0.3 is 20.2 Å². The third kappa shape index (κ3) is 3.05. The van der Waals surface area contributed by atoms with Crippen LogP contribution in [0.5, 0.6) is 0 Å². The van der Waals surface area contributed by atoms with Gasteiger partial charge in [0.1, 0.15) is 5.82 Å². The van der Waals surface area contributed by atoms with E-state index >= 15 is 0 Å². The molecule has 0 bridgehead atoms. The summed E-state index contributed by atoms with van der Waals surface area (Å²) in [5, 5.41) is 3.56. The van der Waals surface area contributed by atoms with Crippen molar-refractivity contribution in [2.45, 2.75) is 19.0 Å². The molecule has 3 aromatic rings. The molecule has 0 saturated carbocycles. The first-order chi connectivity index (χ1) is 11.7. The van der Waals surface area contributed by atoms with Gasteiger partial charge in [0.05, 0.1) is 11.0 Å². The van der Waals surface area contributed by atoms with Crippen molar-refractivity contribution < 1.29 is 4.39 Å². The van der Waals surface area contributed by atoms with Crippen LogP contribution in [0.15, 0.2) is 47.3 Å².